The van der Waals surface area contributed by atoms with Gasteiger partial charge in [-0.15, -0.1) is 11.6 Å². The lowest BCUT2D eigenvalue weighted by molar-refractivity contribution is 0.403. The Labute approximate surface area is 105 Å². The number of rotatable bonds is 5. The van der Waals surface area contributed by atoms with E-state index in [-0.39, 0.29) is 0 Å². The molecule has 0 aromatic heterocycles. The van der Waals surface area contributed by atoms with Gasteiger partial charge in [-0.05, 0) is 18.2 Å². The fraction of sp³-hybridized carbons (Fsp3) is 0.333. The summed E-state index contributed by atoms with van der Waals surface area (Å²) in [6.07, 6.45) is 0. The maximum absolute atomic E-state index is 11.8. The Balaban J connectivity index is 2.90. The van der Waals surface area contributed by atoms with Crippen molar-refractivity contribution in [1.82, 2.24) is 4.72 Å². The monoisotopic (exact) mass is 311 g/mol. The van der Waals surface area contributed by atoms with E-state index in [2.05, 4.69) is 20.7 Å². The van der Waals surface area contributed by atoms with E-state index in [0.717, 1.165) is 4.47 Å². The van der Waals surface area contributed by atoms with Gasteiger partial charge in [-0.1, -0.05) is 15.9 Å². The molecule has 1 N–H and O–H groups in total. The minimum Gasteiger partial charge on any atom is -0.495 e. The first kappa shape index (κ1) is 13.0. The molecule has 0 amide bonds. The molecule has 0 saturated carbocycles. The number of hydrogen-bond donors (Lipinski definition) is 1. The third-order valence-electron chi connectivity index (χ3n) is 1.65. The lowest BCUT2D eigenvalue weighted by Gasteiger charge is -2.08. The molecule has 1 rings (SSSR count). The van der Waals surface area contributed by atoms with Crippen molar-refractivity contribution in [3.63, 3.8) is 0 Å². The molecule has 84 valence electrons. The molecule has 0 aliphatic rings. The summed E-state index contributed by atoms with van der Waals surface area (Å²) in [5.41, 5.74) is 0. The van der Waals surface area contributed by atoms with Gasteiger partial charge in [0.05, 0.1) is 12.0 Å². The highest BCUT2D eigenvalue weighted by molar-refractivity contribution is 9.10. The number of hydrogen-bond acceptors (Lipinski definition) is 2. The Hall–Kier alpha value is -0.100. The van der Waals surface area contributed by atoms with Crippen molar-refractivity contribution in [2.45, 2.75) is 4.90 Å². The molecule has 6 heteroatoms. The highest BCUT2D eigenvalue weighted by Crippen LogP contribution is 2.25. The highest BCUT2D eigenvalue weighted by atomic mass is 79.9. The number of methoxy groups -OCH3 is 1. The Morgan fingerprint density at radius 3 is 2.93 bits per heavy atom. The maximum atomic E-state index is 11.8. The van der Waals surface area contributed by atoms with Gasteiger partial charge in [0.1, 0.15) is 16.7 Å². The molecule has 1 unspecified atom stereocenters. The first-order valence-corrected chi connectivity index (χ1v) is 6.71. The number of ether oxygens (including phenoxy) is 1. The molecule has 15 heavy (non-hydrogen) atoms. The topological polar surface area (TPSA) is 38.3 Å². The van der Waals surface area contributed by atoms with E-state index < -0.39 is 11.0 Å². The van der Waals surface area contributed by atoms with E-state index in [0.29, 0.717) is 23.1 Å². The van der Waals surface area contributed by atoms with E-state index >= 15 is 0 Å². The number of nitrogens with one attached hydrogen (secondary N) is 1. The minimum absolute atomic E-state index is 0.419. The smallest absolute Gasteiger partial charge is 0.136 e. The van der Waals surface area contributed by atoms with E-state index in [1.54, 1.807) is 19.2 Å². The molecule has 1 aromatic rings. The summed E-state index contributed by atoms with van der Waals surface area (Å²) in [4.78, 5) is 0.608. The second kappa shape index (κ2) is 6.48. The highest BCUT2D eigenvalue weighted by Gasteiger charge is 2.10. The van der Waals surface area contributed by atoms with Crippen molar-refractivity contribution >= 4 is 38.5 Å². The molecule has 0 radical (unpaired) electrons. The van der Waals surface area contributed by atoms with Crippen LogP contribution in [0.15, 0.2) is 27.6 Å². The normalized spacial score (nSPS) is 12.5. The maximum Gasteiger partial charge on any atom is 0.136 e. The van der Waals surface area contributed by atoms with Crippen LogP contribution in [-0.2, 0) is 11.0 Å². The van der Waals surface area contributed by atoms with E-state index in [1.807, 2.05) is 6.07 Å². The molecule has 1 aromatic carbocycles. The van der Waals surface area contributed by atoms with E-state index in [4.69, 9.17) is 16.3 Å². The minimum atomic E-state index is -1.29. The molecule has 0 fully saturated rings. The summed E-state index contributed by atoms with van der Waals surface area (Å²) in [6, 6.07) is 5.36. The average molecular weight is 313 g/mol. The number of benzene rings is 1. The fourth-order valence-corrected chi connectivity index (χ4v) is 2.73. The van der Waals surface area contributed by atoms with Crippen LogP contribution in [0.1, 0.15) is 0 Å². The van der Waals surface area contributed by atoms with Crippen molar-refractivity contribution in [1.29, 1.82) is 0 Å². The van der Waals surface area contributed by atoms with Crippen molar-refractivity contribution in [2.75, 3.05) is 19.5 Å². The van der Waals surface area contributed by atoms with Gasteiger partial charge in [-0.25, -0.2) is 8.93 Å². The van der Waals surface area contributed by atoms with Gasteiger partial charge in [0.2, 0.25) is 0 Å². The Morgan fingerprint density at radius 1 is 1.60 bits per heavy atom. The molecule has 3 nitrogen and oxygen atoms in total. The molecule has 1 atom stereocenters. The zero-order valence-electron chi connectivity index (χ0n) is 8.13. The summed E-state index contributed by atoms with van der Waals surface area (Å²) >= 11 is 8.82. The van der Waals surface area contributed by atoms with Crippen LogP contribution in [0, 0.1) is 0 Å². The molecule has 0 heterocycles. The van der Waals surface area contributed by atoms with Crippen LogP contribution in [-0.4, -0.2) is 23.7 Å². The zero-order chi connectivity index (χ0) is 11.3. The second-order valence-corrected chi connectivity index (χ2v) is 5.21. The van der Waals surface area contributed by atoms with Gasteiger partial charge in [0, 0.05) is 16.9 Å². The van der Waals surface area contributed by atoms with Crippen LogP contribution in [0.5, 0.6) is 5.75 Å². The Bertz CT molecular complexity index is 362. The predicted molar refractivity (Wildman–Crippen MR) is 65.8 cm³/mol. The molecule has 0 bridgehead atoms. The number of alkyl halides is 1. The average Bonchev–Trinajstić information content (AvgIpc) is 2.25. The van der Waals surface area contributed by atoms with Crippen molar-refractivity contribution in [3.05, 3.63) is 22.7 Å². The summed E-state index contributed by atoms with van der Waals surface area (Å²) in [7, 11) is 0.253. The SMILES string of the molecule is COc1ccc(Br)cc1S(=O)NCCCl. The zero-order valence-corrected chi connectivity index (χ0v) is 11.3. The van der Waals surface area contributed by atoms with Gasteiger partial charge in [0.25, 0.3) is 0 Å². The number of halogens is 2. The van der Waals surface area contributed by atoms with E-state index in [9.17, 15) is 4.21 Å². The molecule has 0 spiro atoms. The summed E-state index contributed by atoms with van der Waals surface area (Å²) in [5, 5.41) is 0. The lowest BCUT2D eigenvalue weighted by atomic mass is 10.3. The summed E-state index contributed by atoms with van der Waals surface area (Å²) < 4.78 is 20.5. The van der Waals surface area contributed by atoms with Crippen molar-refractivity contribution in [3.8, 4) is 5.75 Å². The summed E-state index contributed by atoms with van der Waals surface area (Å²) in [6.45, 7) is 0.490. The van der Waals surface area contributed by atoms with Crippen LogP contribution in [0.25, 0.3) is 0 Å². The third kappa shape index (κ3) is 3.75. The largest absolute Gasteiger partial charge is 0.495 e. The van der Waals surface area contributed by atoms with Gasteiger partial charge >= 0.3 is 0 Å². The van der Waals surface area contributed by atoms with Crippen LogP contribution >= 0.6 is 27.5 Å². The van der Waals surface area contributed by atoms with Gasteiger partial charge < -0.3 is 4.74 Å². The first-order chi connectivity index (χ1) is 7.19. The molecule has 0 aliphatic heterocycles. The predicted octanol–water partition coefficient (Wildman–Crippen LogP) is 2.31. The quantitative estimate of drug-likeness (QED) is 0.847. The molecule has 0 aliphatic carbocycles. The van der Waals surface area contributed by atoms with Crippen molar-refractivity contribution in [2.24, 2.45) is 0 Å². The Morgan fingerprint density at radius 2 is 2.33 bits per heavy atom. The molecular weight excluding hydrogens is 302 g/mol. The standard InChI is InChI=1S/C9H11BrClNO2S/c1-14-8-3-2-7(10)6-9(8)15(13)12-5-4-11/h2-3,6,12H,4-5H2,1H3. The summed E-state index contributed by atoms with van der Waals surface area (Å²) in [5.74, 6) is 1.01. The van der Waals surface area contributed by atoms with Gasteiger partial charge in [0.15, 0.2) is 0 Å². The van der Waals surface area contributed by atoms with Crippen LogP contribution in [0.4, 0.5) is 0 Å². The molecule has 0 saturated heterocycles. The lowest BCUT2D eigenvalue weighted by Crippen LogP contribution is -2.20. The second-order valence-electron chi connectivity index (χ2n) is 2.65. The first-order valence-electron chi connectivity index (χ1n) is 4.24. The fourth-order valence-electron chi connectivity index (χ4n) is 1.00. The van der Waals surface area contributed by atoms with Gasteiger partial charge in [-0.3, -0.25) is 0 Å². The van der Waals surface area contributed by atoms with Crippen LogP contribution in [0.2, 0.25) is 0 Å². The van der Waals surface area contributed by atoms with Crippen LogP contribution in [0.3, 0.4) is 0 Å². The molecular formula is C9H11BrClNO2S. The third-order valence-corrected chi connectivity index (χ3v) is 3.52. The van der Waals surface area contributed by atoms with Crippen LogP contribution < -0.4 is 9.46 Å². The van der Waals surface area contributed by atoms with Gasteiger partial charge in [-0.2, -0.15) is 0 Å². The Kier molecular flexibility index (Phi) is 5.60. The van der Waals surface area contributed by atoms with E-state index in [1.165, 1.54) is 0 Å². The van der Waals surface area contributed by atoms with Crippen molar-refractivity contribution < 1.29 is 8.95 Å².